The van der Waals surface area contributed by atoms with Gasteiger partial charge in [0, 0.05) is 11.4 Å². The fourth-order valence-electron chi connectivity index (χ4n) is 2.05. The van der Waals surface area contributed by atoms with Gasteiger partial charge < -0.3 is 16.2 Å². The summed E-state index contributed by atoms with van der Waals surface area (Å²) in [5.74, 6) is -1.43. The van der Waals surface area contributed by atoms with Crippen LogP contribution in [0.25, 0.3) is 0 Å². The molecule has 104 valence electrons. The van der Waals surface area contributed by atoms with Crippen molar-refractivity contribution in [3.05, 3.63) is 10.6 Å². The summed E-state index contributed by atoms with van der Waals surface area (Å²) in [4.78, 5) is 35.6. The van der Waals surface area contributed by atoms with E-state index >= 15 is 0 Å². The minimum absolute atomic E-state index is 0.0489. The molecular formula is C11H15N3O4S. The Morgan fingerprint density at radius 2 is 2.26 bits per heavy atom. The molecule has 2 heterocycles. The van der Waals surface area contributed by atoms with Gasteiger partial charge in [-0.25, -0.2) is 4.79 Å². The average Bonchev–Trinajstić information content (AvgIpc) is 2.67. The number of carboxylic acid groups (broad SMARTS) is 1. The summed E-state index contributed by atoms with van der Waals surface area (Å²) in [5.41, 5.74) is 5.26. The van der Waals surface area contributed by atoms with E-state index in [0.29, 0.717) is 30.7 Å². The number of carbonyl (C=O) groups excluding carboxylic acids is 2. The van der Waals surface area contributed by atoms with E-state index in [1.54, 1.807) is 0 Å². The van der Waals surface area contributed by atoms with Crippen molar-refractivity contribution in [3.8, 4) is 0 Å². The van der Waals surface area contributed by atoms with Crippen molar-refractivity contribution in [2.24, 2.45) is 5.73 Å². The number of β-lactam (4-membered cyclic amide) rings is 1. The molecule has 0 aromatic rings. The molecule has 1 fully saturated rings. The number of rotatable bonds is 6. The summed E-state index contributed by atoms with van der Waals surface area (Å²) >= 11 is 1.43. The van der Waals surface area contributed by atoms with Crippen LogP contribution < -0.4 is 11.1 Å². The standard InChI is InChI=1S/C11H15N3O4S/c12-5-7(15)13-3-1-2-6-10(11(17)18)14-8(16)4-9(14)19-6/h9H,1-5,12H2,(H,13,15)(H,17,18)/t9-/m1/s1. The molecule has 8 heteroatoms. The number of aliphatic carboxylic acids is 1. The smallest absolute Gasteiger partial charge is 0.353 e. The number of amides is 2. The molecule has 4 N–H and O–H groups in total. The second-order valence-corrected chi connectivity index (χ2v) is 5.55. The van der Waals surface area contributed by atoms with Gasteiger partial charge in [0.1, 0.15) is 5.70 Å². The highest BCUT2D eigenvalue weighted by molar-refractivity contribution is 8.04. The van der Waals surface area contributed by atoms with E-state index in [9.17, 15) is 14.4 Å². The summed E-state index contributed by atoms with van der Waals surface area (Å²) in [5, 5.41) is 11.7. The third-order valence-corrected chi connectivity index (χ3v) is 4.31. The van der Waals surface area contributed by atoms with Gasteiger partial charge in [0.25, 0.3) is 0 Å². The van der Waals surface area contributed by atoms with Crippen LogP contribution in [0.3, 0.4) is 0 Å². The molecule has 0 unspecified atom stereocenters. The SMILES string of the molecule is NCC(=O)NCCCC1=C(C(=O)O)N2C(=O)C[C@H]2S1. The number of thioether (sulfide) groups is 1. The first-order valence-corrected chi connectivity index (χ1v) is 6.84. The zero-order valence-electron chi connectivity index (χ0n) is 10.2. The minimum Gasteiger partial charge on any atom is -0.477 e. The molecule has 0 aromatic carbocycles. The Labute approximate surface area is 114 Å². The van der Waals surface area contributed by atoms with Crippen LogP contribution in [0.2, 0.25) is 0 Å². The predicted molar refractivity (Wildman–Crippen MR) is 68.8 cm³/mol. The fraction of sp³-hybridized carbons (Fsp3) is 0.545. The Morgan fingerprint density at radius 1 is 1.53 bits per heavy atom. The van der Waals surface area contributed by atoms with Gasteiger partial charge in [0.05, 0.1) is 18.3 Å². The molecule has 2 aliphatic heterocycles. The number of nitrogens with one attached hydrogen (secondary N) is 1. The number of nitrogens with zero attached hydrogens (tertiary/aromatic N) is 1. The first-order chi connectivity index (χ1) is 9.04. The lowest BCUT2D eigenvalue weighted by Gasteiger charge is -2.33. The van der Waals surface area contributed by atoms with Gasteiger partial charge >= 0.3 is 5.97 Å². The largest absolute Gasteiger partial charge is 0.477 e. The second-order valence-electron chi connectivity index (χ2n) is 4.27. The normalized spacial score (nSPS) is 21.2. The molecule has 0 aliphatic carbocycles. The van der Waals surface area contributed by atoms with Gasteiger partial charge in [-0.1, -0.05) is 0 Å². The summed E-state index contributed by atoms with van der Waals surface area (Å²) in [6.45, 7) is 0.397. The zero-order chi connectivity index (χ0) is 14.0. The van der Waals surface area contributed by atoms with E-state index in [-0.39, 0.29) is 29.4 Å². The number of carbonyl (C=O) groups is 3. The van der Waals surface area contributed by atoms with E-state index in [1.165, 1.54) is 16.7 Å². The third kappa shape index (κ3) is 2.74. The zero-order valence-corrected chi connectivity index (χ0v) is 11.0. The first kappa shape index (κ1) is 13.9. The number of hydrogen-bond donors (Lipinski definition) is 3. The van der Waals surface area contributed by atoms with E-state index < -0.39 is 5.97 Å². The lowest BCUT2D eigenvalue weighted by atomic mass is 10.1. The van der Waals surface area contributed by atoms with Crippen molar-refractivity contribution in [1.82, 2.24) is 10.2 Å². The molecule has 19 heavy (non-hydrogen) atoms. The number of hydrogen-bond acceptors (Lipinski definition) is 5. The molecular weight excluding hydrogens is 270 g/mol. The van der Waals surface area contributed by atoms with E-state index in [0.717, 1.165) is 0 Å². The first-order valence-electron chi connectivity index (χ1n) is 5.96. The number of carboxylic acids is 1. The maximum atomic E-state index is 11.4. The molecule has 1 atom stereocenters. The topological polar surface area (TPSA) is 113 Å². The van der Waals surface area contributed by atoms with Crippen LogP contribution in [-0.2, 0) is 14.4 Å². The third-order valence-electron chi connectivity index (χ3n) is 2.98. The molecule has 0 bridgehead atoms. The number of nitrogens with two attached hydrogens (primary N) is 1. The monoisotopic (exact) mass is 285 g/mol. The van der Waals surface area contributed by atoms with Crippen molar-refractivity contribution < 1.29 is 19.5 Å². The number of fused-ring (bicyclic) bond motifs is 1. The van der Waals surface area contributed by atoms with Gasteiger partial charge in [-0.15, -0.1) is 11.8 Å². The van der Waals surface area contributed by atoms with Crippen LogP contribution in [0.1, 0.15) is 19.3 Å². The van der Waals surface area contributed by atoms with Gasteiger partial charge in [0.2, 0.25) is 11.8 Å². The van der Waals surface area contributed by atoms with Crippen molar-refractivity contribution in [3.63, 3.8) is 0 Å². The molecule has 2 rings (SSSR count). The van der Waals surface area contributed by atoms with E-state index in [1.807, 2.05) is 0 Å². The lowest BCUT2D eigenvalue weighted by molar-refractivity contribution is -0.145. The maximum absolute atomic E-state index is 11.4. The Kier molecular flexibility index (Phi) is 4.11. The van der Waals surface area contributed by atoms with Crippen LogP contribution in [0.15, 0.2) is 10.6 Å². The maximum Gasteiger partial charge on any atom is 0.353 e. The van der Waals surface area contributed by atoms with Crippen LogP contribution in [0.4, 0.5) is 0 Å². The van der Waals surface area contributed by atoms with Gasteiger partial charge in [-0.05, 0) is 12.8 Å². The fourth-order valence-corrected chi connectivity index (χ4v) is 3.50. The molecule has 2 aliphatic rings. The molecule has 7 nitrogen and oxygen atoms in total. The Balaban J connectivity index is 1.90. The molecule has 2 amide bonds. The Bertz CT molecular complexity index is 463. The average molecular weight is 285 g/mol. The van der Waals surface area contributed by atoms with Crippen LogP contribution in [0.5, 0.6) is 0 Å². The van der Waals surface area contributed by atoms with Crippen LogP contribution >= 0.6 is 11.8 Å². The van der Waals surface area contributed by atoms with Gasteiger partial charge in [-0.2, -0.15) is 0 Å². The molecule has 0 radical (unpaired) electrons. The highest BCUT2D eigenvalue weighted by Gasteiger charge is 2.47. The van der Waals surface area contributed by atoms with Crippen molar-refractivity contribution in [2.75, 3.05) is 13.1 Å². The van der Waals surface area contributed by atoms with Crippen molar-refractivity contribution in [1.29, 1.82) is 0 Å². The van der Waals surface area contributed by atoms with Gasteiger partial charge in [0.15, 0.2) is 0 Å². The second kappa shape index (κ2) is 5.62. The quantitative estimate of drug-likeness (QED) is 0.445. The molecule has 0 aromatic heterocycles. The lowest BCUT2D eigenvalue weighted by Crippen LogP contribution is -2.48. The van der Waals surface area contributed by atoms with Gasteiger partial charge in [-0.3, -0.25) is 14.5 Å². The van der Waals surface area contributed by atoms with Crippen molar-refractivity contribution >= 4 is 29.5 Å². The molecule has 0 spiro atoms. The molecule has 1 saturated heterocycles. The van der Waals surface area contributed by atoms with E-state index in [2.05, 4.69) is 5.32 Å². The summed E-state index contributed by atoms with van der Waals surface area (Å²) in [7, 11) is 0. The van der Waals surface area contributed by atoms with Crippen LogP contribution in [0, 0.1) is 0 Å². The minimum atomic E-state index is -1.07. The Hall–Kier alpha value is -1.54. The van der Waals surface area contributed by atoms with Crippen molar-refractivity contribution in [2.45, 2.75) is 24.6 Å². The summed E-state index contributed by atoms with van der Waals surface area (Å²) < 4.78 is 0. The summed E-state index contributed by atoms with van der Waals surface area (Å²) in [6.07, 6.45) is 1.56. The van der Waals surface area contributed by atoms with E-state index in [4.69, 9.17) is 10.8 Å². The highest BCUT2D eigenvalue weighted by Crippen LogP contribution is 2.47. The number of allylic oxidation sites excluding steroid dienone is 1. The predicted octanol–water partition coefficient (Wildman–Crippen LogP) is -0.557. The summed E-state index contributed by atoms with van der Waals surface area (Å²) in [6, 6.07) is 0. The molecule has 0 saturated carbocycles. The Morgan fingerprint density at radius 3 is 2.84 bits per heavy atom. The highest BCUT2D eigenvalue weighted by atomic mass is 32.2. The van der Waals surface area contributed by atoms with Crippen LogP contribution in [-0.4, -0.2) is 46.3 Å².